The Morgan fingerprint density at radius 3 is 2.49 bits per heavy atom. The van der Waals surface area contributed by atoms with Crippen LogP contribution in [0, 0.1) is 13.8 Å². The highest BCUT2D eigenvalue weighted by atomic mass is 32.2. The molecule has 0 saturated carbocycles. The van der Waals surface area contributed by atoms with Crippen LogP contribution in [-0.4, -0.2) is 68.2 Å². The van der Waals surface area contributed by atoms with Crippen molar-refractivity contribution in [1.82, 2.24) is 15.5 Å². The van der Waals surface area contributed by atoms with Gasteiger partial charge in [0.25, 0.3) is 11.8 Å². The van der Waals surface area contributed by atoms with Crippen LogP contribution in [0.2, 0.25) is 0 Å². The van der Waals surface area contributed by atoms with Gasteiger partial charge in [-0.05, 0) is 57.7 Å². The molecule has 3 rings (SSSR count). The number of rotatable bonds is 10. The smallest absolute Gasteiger partial charge is 0.254 e. The molecule has 39 heavy (non-hydrogen) atoms. The molecule has 1 aliphatic rings. The third-order valence-corrected chi connectivity index (χ3v) is 8.37. The average Bonchev–Trinajstić information content (AvgIpc) is 3.23. The summed E-state index contributed by atoms with van der Waals surface area (Å²) in [7, 11) is 0. The van der Waals surface area contributed by atoms with Crippen LogP contribution < -0.4 is 10.6 Å². The maximum absolute atomic E-state index is 13.7. The lowest BCUT2D eigenvalue weighted by atomic mass is 9.96. The van der Waals surface area contributed by atoms with E-state index in [0.717, 1.165) is 12.0 Å². The number of amides is 3. The van der Waals surface area contributed by atoms with Gasteiger partial charge in [-0.1, -0.05) is 55.5 Å². The summed E-state index contributed by atoms with van der Waals surface area (Å²) in [6.07, 6.45) is 3.27. The van der Waals surface area contributed by atoms with Crippen molar-refractivity contribution in [3.63, 3.8) is 0 Å². The molecular formula is C30H39N3O5S. The van der Waals surface area contributed by atoms with E-state index in [9.17, 15) is 24.6 Å². The number of thioether (sulfide) groups is 1. The van der Waals surface area contributed by atoms with Crippen molar-refractivity contribution in [2.45, 2.75) is 70.4 Å². The zero-order valence-electron chi connectivity index (χ0n) is 23.2. The molecule has 0 aliphatic carbocycles. The summed E-state index contributed by atoms with van der Waals surface area (Å²) < 4.78 is -0.567. The number of nitrogens with zero attached hydrogens (tertiary/aromatic N) is 1. The molecule has 0 bridgehead atoms. The Labute approximate surface area is 234 Å². The molecule has 0 aromatic heterocycles. The molecule has 4 N–H and O–H groups in total. The molecule has 210 valence electrons. The lowest BCUT2D eigenvalue weighted by Crippen LogP contribution is -2.58. The third kappa shape index (κ3) is 7.22. The first kappa shape index (κ1) is 30.2. The maximum atomic E-state index is 13.7. The van der Waals surface area contributed by atoms with Crippen LogP contribution in [0.5, 0.6) is 5.75 Å². The first-order valence-corrected chi connectivity index (χ1v) is 14.2. The van der Waals surface area contributed by atoms with E-state index in [1.54, 1.807) is 26.0 Å². The summed E-state index contributed by atoms with van der Waals surface area (Å²) in [5.41, 5.74) is 2.14. The normalized spacial score (nSPS) is 18.1. The number of aryl methyl sites for hydroxylation is 1. The molecule has 3 atom stereocenters. The standard InChI is InChI=1S/C30H39N3O5S/c1-6-7-11-16-31-28(37)26-30(4,5)39-18-33(26)29(38)25(35)23(17-21-12-9-8-10-13-21)32-27(36)22-15-14-19(2)24(34)20(22)3/h7-15,23,25-26,34-35H,6,16-18H2,1-5H3,(H,31,37)(H,32,36)/b11-7+. The number of hydrogen-bond acceptors (Lipinski definition) is 6. The number of hydrogen-bond donors (Lipinski definition) is 4. The molecule has 1 fully saturated rings. The van der Waals surface area contributed by atoms with Crippen molar-refractivity contribution in [2.75, 3.05) is 12.4 Å². The quantitative estimate of drug-likeness (QED) is 0.335. The number of benzene rings is 2. The van der Waals surface area contributed by atoms with Gasteiger partial charge in [-0.25, -0.2) is 0 Å². The number of phenolic OH excluding ortho intramolecular Hbond substituents is 1. The van der Waals surface area contributed by atoms with Gasteiger partial charge in [-0.15, -0.1) is 11.8 Å². The molecule has 8 nitrogen and oxygen atoms in total. The SMILES string of the molecule is CC/C=C/CNC(=O)C1N(C(=O)C(O)C(Cc2ccccc2)NC(=O)c2ccc(C)c(O)c2C)CSC1(C)C. The number of aliphatic hydroxyl groups excluding tert-OH is 1. The average molecular weight is 554 g/mol. The number of phenols is 1. The van der Waals surface area contributed by atoms with Gasteiger partial charge in [-0.2, -0.15) is 0 Å². The first-order valence-electron chi connectivity index (χ1n) is 13.2. The molecule has 3 unspecified atom stereocenters. The molecular weight excluding hydrogens is 514 g/mol. The topological polar surface area (TPSA) is 119 Å². The minimum Gasteiger partial charge on any atom is -0.507 e. The van der Waals surface area contributed by atoms with Crippen molar-refractivity contribution >= 4 is 29.5 Å². The van der Waals surface area contributed by atoms with E-state index in [0.29, 0.717) is 17.7 Å². The number of carbonyl (C=O) groups excluding carboxylic acids is 3. The van der Waals surface area contributed by atoms with Crippen LogP contribution in [0.1, 0.15) is 54.2 Å². The van der Waals surface area contributed by atoms with Gasteiger partial charge in [0.05, 0.1) is 11.9 Å². The summed E-state index contributed by atoms with van der Waals surface area (Å²) in [5.74, 6) is -1.16. The second-order valence-electron chi connectivity index (χ2n) is 10.3. The highest BCUT2D eigenvalue weighted by molar-refractivity contribution is 8.00. The van der Waals surface area contributed by atoms with Gasteiger partial charge in [0.15, 0.2) is 6.10 Å². The molecule has 1 saturated heterocycles. The van der Waals surface area contributed by atoms with Gasteiger partial charge >= 0.3 is 0 Å². The lowest BCUT2D eigenvalue weighted by Gasteiger charge is -2.33. The van der Waals surface area contributed by atoms with E-state index in [1.165, 1.54) is 16.7 Å². The van der Waals surface area contributed by atoms with Crippen molar-refractivity contribution in [3.05, 3.63) is 76.9 Å². The molecule has 2 aromatic carbocycles. The van der Waals surface area contributed by atoms with E-state index in [2.05, 4.69) is 10.6 Å². The van der Waals surface area contributed by atoms with Crippen LogP contribution >= 0.6 is 11.8 Å². The monoisotopic (exact) mass is 553 g/mol. The van der Waals surface area contributed by atoms with Crippen LogP contribution in [0.15, 0.2) is 54.6 Å². The minimum atomic E-state index is -1.60. The van der Waals surface area contributed by atoms with E-state index >= 15 is 0 Å². The van der Waals surface area contributed by atoms with Crippen molar-refractivity contribution in [1.29, 1.82) is 0 Å². The van der Waals surface area contributed by atoms with Gasteiger partial charge < -0.3 is 25.7 Å². The van der Waals surface area contributed by atoms with Crippen LogP contribution in [-0.2, 0) is 16.0 Å². The fourth-order valence-electron chi connectivity index (χ4n) is 4.70. The summed E-state index contributed by atoms with van der Waals surface area (Å²) in [5, 5.41) is 27.4. The Balaban J connectivity index is 1.86. The number of allylic oxidation sites excluding steroid dienone is 1. The van der Waals surface area contributed by atoms with E-state index in [-0.39, 0.29) is 29.5 Å². The Morgan fingerprint density at radius 2 is 1.82 bits per heavy atom. The molecule has 9 heteroatoms. The van der Waals surface area contributed by atoms with E-state index in [1.807, 2.05) is 63.3 Å². The molecule has 0 radical (unpaired) electrons. The number of aromatic hydroxyl groups is 1. The first-order chi connectivity index (χ1) is 18.5. The fourth-order valence-corrected chi connectivity index (χ4v) is 5.84. The lowest BCUT2D eigenvalue weighted by molar-refractivity contribution is -0.147. The Kier molecular flexibility index (Phi) is 10.2. The van der Waals surface area contributed by atoms with Crippen LogP contribution in [0.25, 0.3) is 0 Å². The largest absolute Gasteiger partial charge is 0.507 e. The maximum Gasteiger partial charge on any atom is 0.254 e. The Morgan fingerprint density at radius 1 is 1.13 bits per heavy atom. The minimum absolute atomic E-state index is 0.0258. The van der Waals surface area contributed by atoms with Gasteiger partial charge in [0.1, 0.15) is 11.8 Å². The molecule has 2 aromatic rings. The molecule has 3 amide bonds. The highest BCUT2D eigenvalue weighted by Gasteiger charge is 2.49. The highest BCUT2D eigenvalue weighted by Crippen LogP contribution is 2.40. The van der Waals surface area contributed by atoms with Gasteiger partial charge in [0, 0.05) is 22.4 Å². The van der Waals surface area contributed by atoms with Gasteiger partial charge in [-0.3, -0.25) is 14.4 Å². The fraction of sp³-hybridized carbons (Fsp3) is 0.433. The van der Waals surface area contributed by atoms with Crippen molar-refractivity contribution < 1.29 is 24.6 Å². The van der Waals surface area contributed by atoms with Gasteiger partial charge in [0.2, 0.25) is 5.91 Å². The summed E-state index contributed by atoms with van der Waals surface area (Å²) >= 11 is 1.46. The van der Waals surface area contributed by atoms with Crippen LogP contribution in [0.4, 0.5) is 0 Å². The summed E-state index contributed by atoms with van der Waals surface area (Å²) in [6.45, 7) is 9.55. The number of nitrogens with one attached hydrogen (secondary N) is 2. The second-order valence-corrected chi connectivity index (χ2v) is 11.9. The Hall–Kier alpha value is -3.30. The zero-order chi connectivity index (χ0) is 28.7. The van der Waals surface area contributed by atoms with E-state index < -0.39 is 34.7 Å². The third-order valence-electron chi connectivity index (χ3n) is 7.00. The number of aliphatic hydroxyl groups is 1. The number of carbonyl (C=O) groups is 3. The van der Waals surface area contributed by atoms with Crippen LogP contribution in [0.3, 0.4) is 0 Å². The van der Waals surface area contributed by atoms with Crippen molar-refractivity contribution in [2.24, 2.45) is 0 Å². The summed E-state index contributed by atoms with van der Waals surface area (Å²) in [4.78, 5) is 41.6. The Bertz CT molecular complexity index is 1210. The molecule has 1 heterocycles. The molecule has 0 spiro atoms. The molecule has 1 aliphatic heterocycles. The zero-order valence-corrected chi connectivity index (χ0v) is 24.0. The van der Waals surface area contributed by atoms with E-state index in [4.69, 9.17) is 0 Å². The summed E-state index contributed by atoms with van der Waals surface area (Å²) in [6, 6.07) is 10.8. The predicted octanol–water partition coefficient (Wildman–Crippen LogP) is 3.47. The predicted molar refractivity (Wildman–Crippen MR) is 155 cm³/mol. The van der Waals surface area contributed by atoms with Crippen molar-refractivity contribution in [3.8, 4) is 5.75 Å². The second kappa shape index (κ2) is 13.2.